The van der Waals surface area contributed by atoms with E-state index in [1.165, 1.54) is 11.3 Å². The summed E-state index contributed by atoms with van der Waals surface area (Å²) in [6.07, 6.45) is 5.36. The highest BCUT2D eigenvalue weighted by Crippen LogP contribution is 2.33. The maximum absolute atomic E-state index is 13.5. The van der Waals surface area contributed by atoms with Gasteiger partial charge in [-0.2, -0.15) is 0 Å². The van der Waals surface area contributed by atoms with Crippen LogP contribution in [-0.4, -0.2) is 43.9 Å². The molecule has 0 bridgehead atoms. The SMILES string of the molecule is CCCCCOc1ccc(C(=O)N(CC2CCCO2)c2nc3ccc(OC)cc3s2)cc1. The second kappa shape index (κ2) is 10.8. The molecule has 1 saturated heterocycles. The Balaban J connectivity index is 1.55. The smallest absolute Gasteiger partial charge is 0.260 e. The fraction of sp³-hybridized carbons (Fsp3) is 0.440. The number of unbranched alkanes of at least 4 members (excludes halogenated alkanes) is 2. The van der Waals surface area contributed by atoms with Crippen molar-refractivity contribution in [3.05, 3.63) is 48.0 Å². The molecular formula is C25H30N2O4S. The highest BCUT2D eigenvalue weighted by molar-refractivity contribution is 7.22. The molecule has 1 fully saturated rings. The lowest BCUT2D eigenvalue weighted by Gasteiger charge is -2.23. The molecule has 7 heteroatoms. The summed E-state index contributed by atoms with van der Waals surface area (Å²) < 4.78 is 17.9. The first-order valence-electron chi connectivity index (χ1n) is 11.3. The largest absolute Gasteiger partial charge is 0.497 e. The van der Waals surface area contributed by atoms with E-state index in [9.17, 15) is 4.79 Å². The van der Waals surface area contributed by atoms with Crippen molar-refractivity contribution in [1.29, 1.82) is 0 Å². The van der Waals surface area contributed by atoms with Gasteiger partial charge in [-0.15, -0.1) is 0 Å². The van der Waals surface area contributed by atoms with Gasteiger partial charge in [0.05, 0.1) is 36.6 Å². The van der Waals surface area contributed by atoms with E-state index in [1.807, 2.05) is 42.5 Å². The van der Waals surface area contributed by atoms with Gasteiger partial charge in [0.1, 0.15) is 11.5 Å². The third-order valence-electron chi connectivity index (χ3n) is 5.59. The number of carbonyl (C=O) groups is 1. The summed E-state index contributed by atoms with van der Waals surface area (Å²) in [7, 11) is 1.65. The van der Waals surface area contributed by atoms with Crippen LogP contribution >= 0.6 is 11.3 Å². The van der Waals surface area contributed by atoms with Crippen LogP contribution in [0.4, 0.5) is 5.13 Å². The molecule has 32 heavy (non-hydrogen) atoms. The van der Waals surface area contributed by atoms with Crippen molar-refractivity contribution < 1.29 is 19.0 Å². The quantitative estimate of drug-likeness (QED) is 0.368. The van der Waals surface area contributed by atoms with Crippen LogP contribution in [0.3, 0.4) is 0 Å². The Kier molecular flexibility index (Phi) is 7.60. The molecule has 0 aliphatic carbocycles. The number of fused-ring (bicyclic) bond motifs is 1. The summed E-state index contributed by atoms with van der Waals surface area (Å²) >= 11 is 1.49. The van der Waals surface area contributed by atoms with Crippen LogP contribution in [0.1, 0.15) is 49.4 Å². The standard InChI is InChI=1S/C25H30N2O4S/c1-3-4-5-14-30-19-10-8-18(9-11-19)24(28)27(17-21-7-6-15-31-21)25-26-22-13-12-20(29-2)16-23(22)32-25/h8-13,16,21H,3-7,14-15,17H2,1-2H3. The summed E-state index contributed by atoms with van der Waals surface area (Å²) in [5, 5.41) is 0.675. The van der Waals surface area contributed by atoms with E-state index in [4.69, 9.17) is 19.2 Å². The van der Waals surface area contributed by atoms with Gasteiger partial charge in [0.25, 0.3) is 5.91 Å². The molecule has 1 aliphatic rings. The minimum Gasteiger partial charge on any atom is -0.497 e. The summed E-state index contributed by atoms with van der Waals surface area (Å²) in [5.41, 5.74) is 1.47. The monoisotopic (exact) mass is 454 g/mol. The lowest BCUT2D eigenvalue weighted by Crippen LogP contribution is -2.37. The maximum Gasteiger partial charge on any atom is 0.260 e. The number of benzene rings is 2. The molecule has 1 unspecified atom stereocenters. The molecule has 1 aromatic heterocycles. The van der Waals surface area contributed by atoms with Gasteiger partial charge < -0.3 is 14.2 Å². The zero-order chi connectivity index (χ0) is 22.3. The minimum absolute atomic E-state index is 0.0293. The van der Waals surface area contributed by atoms with E-state index in [2.05, 4.69) is 6.92 Å². The number of ether oxygens (including phenoxy) is 3. The molecule has 1 aliphatic heterocycles. The number of thiazole rings is 1. The van der Waals surface area contributed by atoms with Gasteiger partial charge in [0.15, 0.2) is 5.13 Å². The Morgan fingerprint density at radius 2 is 2.00 bits per heavy atom. The number of nitrogens with zero attached hydrogens (tertiary/aromatic N) is 2. The van der Waals surface area contributed by atoms with Crippen molar-refractivity contribution in [2.75, 3.05) is 31.8 Å². The number of rotatable bonds is 10. The fourth-order valence-electron chi connectivity index (χ4n) is 3.77. The summed E-state index contributed by atoms with van der Waals surface area (Å²) in [4.78, 5) is 20.0. The van der Waals surface area contributed by atoms with E-state index in [1.54, 1.807) is 12.0 Å². The zero-order valence-corrected chi connectivity index (χ0v) is 19.5. The van der Waals surface area contributed by atoms with Crippen molar-refractivity contribution in [2.45, 2.75) is 45.1 Å². The highest BCUT2D eigenvalue weighted by Gasteiger charge is 2.27. The van der Waals surface area contributed by atoms with Crippen molar-refractivity contribution in [2.24, 2.45) is 0 Å². The number of aromatic nitrogens is 1. The molecule has 170 valence electrons. The van der Waals surface area contributed by atoms with Crippen LogP contribution in [-0.2, 0) is 4.74 Å². The zero-order valence-electron chi connectivity index (χ0n) is 18.7. The predicted molar refractivity (Wildman–Crippen MR) is 128 cm³/mol. The Morgan fingerprint density at radius 3 is 2.72 bits per heavy atom. The minimum atomic E-state index is -0.0796. The average Bonchev–Trinajstić information content (AvgIpc) is 3.49. The number of carbonyl (C=O) groups excluding carboxylic acids is 1. The van der Waals surface area contributed by atoms with Crippen molar-refractivity contribution in [1.82, 2.24) is 4.98 Å². The van der Waals surface area contributed by atoms with Crippen LogP contribution in [0.5, 0.6) is 11.5 Å². The Bertz CT molecular complexity index is 1030. The van der Waals surface area contributed by atoms with Gasteiger partial charge in [0, 0.05) is 12.2 Å². The summed E-state index contributed by atoms with van der Waals surface area (Å²) in [6, 6.07) is 13.2. The van der Waals surface area contributed by atoms with Gasteiger partial charge >= 0.3 is 0 Å². The Labute approximate surface area is 193 Å². The third kappa shape index (κ3) is 5.40. The molecule has 2 heterocycles. The molecule has 3 aromatic rings. The topological polar surface area (TPSA) is 60.9 Å². The predicted octanol–water partition coefficient (Wildman–Crippen LogP) is 5.70. The first kappa shape index (κ1) is 22.6. The number of amides is 1. The van der Waals surface area contributed by atoms with Crippen molar-refractivity contribution in [3.8, 4) is 11.5 Å². The van der Waals surface area contributed by atoms with E-state index in [0.29, 0.717) is 23.8 Å². The fourth-order valence-corrected chi connectivity index (χ4v) is 4.77. The van der Waals surface area contributed by atoms with Crippen LogP contribution < -0.4 is 14.4 Å². The first-order valence-corrected chi connectivity index (χ1v) is 12.1. The molecule has 2 aromatic carbocycles. The Hall–Kier alpha value is -2.64. The van der Waals surface area contributed by atoms with E-state index < -0.39 is 0 Å². The molecular weight excluding hydrogens is 424 g/mol. The van der Waals surface area contributed by atoms with Gasteiger partial charge in [-0.05, 0) is 61.7 Å². The third-order valence-corrected chi connectivity index (χ3v) is 6.63. The summed E-state index contributed by atoms with van der Waals surface area (Å²) in [5.74, 6) is 1.48. The molecule has 0 N–H and O–H groups in total. The average molecular weight is 455 g/mol. The number of hydrogen-bond donors (Lipinski definition) is 0. The second-order valence-electron chi connectivity index (χ2n) is 7.96. The van der Waals surface area contributed by atoms with E-state index in [0.717, 1.165) is 60.4 Å². The van der Waals surface area contributed by atoms with Crippen LogP contribution in [0.25, 0.3) is 10.2 Å². The highest BCUT2D eigenvalue weighted by atomic mass is 32.1. The Morgan fingerprint density at radius 1 is 1.19 bits per heavy atom. The lowest BCUT2D eigenvalue weighted by molar-refractivity contribution is 0.0917. The summed E-state index contributed by atoms with van der Waals surface area (Å²) in [6.45, 7) is 4.10. The molecule has 4 rings (SSSR count). The molecule has 0 radical (unpaired) electrons. The van der Waals surface area contributed by atoms with E-state index in [-0.39, 0.29) is 12.0 Å². The van der Waals surface area contributed by atoms with Gasteiger partial charge in [-0.1, -0.05) is 31.1 Å². The molecule has 0 spiro atoms. The molecule has 1 amide bonds. The van der Waals surface area contributed by atoms with E-state index >= 15 is 0 Å². The maximum atomic E-state index is 13.5. The van der Waals surface area contributed by atoms with Crippen LogP contribution in [0.2, 0.25) is 0 Å². The van der Waals surface area contributed by atoms with Gasteiger partial charge in [-0.3, -0.25) is 9.69 Å². The number of anilines is 1. The molecule has 0 saturated carbocycles. The van der Waals surface area contributed by atoms with Gasteiger partial charge in [0.2, 0.25) is 0 Å². The lowest BCUT2D eigenvalue weighted by atomic mass is 10.1. The van der Waals surface area contributed by atoms with Crippen LogP contribution in [0, 0.1) is 0 Å². The van der Waals surface area contributed by atoms with Crippen molar-refractivity contribution in [3.63, 3.8) is 0 Å². The molecule has 6 nitrogen and oxygen atoms in total. The normalized spacial score (nSPS) is 15.8. The number of hydrogen-bond acceptors (Lipinski definition) is 6. The molecule has 1 atom stereocenters. The second-order valence-corrected chi connectivity index (χ2v) is 8.97. The van der Waals surface area contributed by atoms with Crippen molar-refractivity contribution >= 4 is 32.6 Å². The van der Waals surface area contributed by atoms with Gasteiger partial charge in [-0.25, -0.2) is 4.98 Å². The number of methoxy groups -OCH3 is 1. The first-order chi connectivity index (χ1) is 15.7. The van der Waals surface area contributed by atoms with Crippen LogP contribution in [0.15, 0.2) is 42.5 Å².